The van der Waals surface area contributed by atoms with E-state index in [0.29, 0.717) is 16.7 Å². The van der Waals surface area contributed by atoms with E-state index in [1.165, 1.54) is 49.6 Å². The van der Waals surface area contributed by atoms with Crippen LogP contribution >= 0.6 is 0 Å². The van der Waals surface area contributed by atoms with Crippen LogP contribution in [0.3, 0.4) is 0 Å². The summed E-state index contributed by atoms with van der Waals surface area (Å²) in [5, 5.41) is 0. The van der Waals surface area contributed by atoms with E-state index in [-0.39, 0.29) is 22.0 Å². The van der Waals surface area contributed by atoms with Crippen molar-refractivity contribution >= 4 is 9.84 Å². The van der Waals surface area contributed by atoms with Crippen molar-refractivity contribution in [1.29, 1.82) is 0 Å². The van der Waals surface area contributed by atoms with Gasteiger partial charge in [-0.1, -0.05) is 38.1 Å². The van der Waals surface area contributed by atoms with Gasteiger partial charge in [0.05, 0.1) is 24.1 Å². The van der Waals surface area contributed by atoms with Crippen LogP contribution in [0.4, 0.5) is 17.6 Å². The molecular weight excluding hydrogens is 446 g/mol. The minimum atomic E-state index is -4.54. The molecule has 0 saturated heterocycles. The monoisotopic (exact) mass is 469 g/mol. The van der Waals surface area contributed by atoms with Gasteiger partial charge in [-0.15, -0.1) is 0 Å². The van der Waals surface area contributed by atoms with Crippen LogP contribution in [0.1, 0.15) is 19.5 Å². The number of aromatic nitrogens is 1. The molecule has 1 heterocycles. The summed E-state index contributed by atoms with van der Waals surface area (Å²) in [6, 6.07) is 12.2. The zero-order valence-corrected chi connectivity index (χ0v) is 18.8. The lowest BCUT2D eigenvalue weighted by Gasteiger charge is -2.18. The van der Waals surface area contributed by atoms with Gasteiger partial charge in [0.2, 0.25) is 5.88 Å². The number of rotatable bonds is 5. The minimum Gasteiger partial charge on any atom is -0.481 e. The van der Waals surface area contributed by atoms with Crippen molar-refractivity contribution in [1.82, 2.24) is 4.98 Å². The van der Waals surface area contributed by atoms with Crippen molar-refractivity contribution in [3.05, 3.63) is 66.1 Å². The fraction of sp³-hybridized carbons (Fsp3) is 0.261. The lowest BCUT2D eigenvalue weighted by molar-refractivity contribution is -0.127. The highest BCUT2D eigenvalue weighted by Gasteiger charge is 2.31. The van der Waals surface area contributed by atoms with Gasteiger partial charge in [-0.25, -0.2) is 17.8 Å². The number of sulfone groups is 1. The molecule has 3 rings (SSSR count). The SMILES string of the molecule is CC.COc1cc(-c2ccc(S(C)(=O)=O)cc2)c(-c2ccc(F)cc2)c(CC(F)(F)F)n1. The largest absolute Gasteiger partial charge is 0.481 e. The summed E-state index contributed by atoms with van der Waals surface area (Å²) < 4.78 is 81.7. The lowest BCUT2D eigenvalue weighted by atomic mass is 9.92. The molecule has 0 saturated carbocycles. The molecule has 0 bridgehead atoms. The second-order valence-corrected chi connectivity index (χ2v) is 8.64. The van der Waals surface area contributed by atoms with E-state index < -0.39 is 28.3 Å². The molecular formula is C23H23F4NO3S. The lowest BCUT2D eigenvalue weighted by Crippen LogP contribution is -2.14. The highest BCUT2D eigenvalue weighted by molar-refractivity contribution is 7.90. The van der Waals surface area contributed by atoms with Gasteiger partial charge < -0.3 is 4.74 Å². The van der Waals surface area contributed by atoms with Gasteiger partial charge in [-0.3, -0.25) is 0 Å². The molecule has 4 nitrogen and oxygen atoms in total. The third kappa shape index (κ3) is 6.29. The topological polar surface area (TPSA) is 56.3 Å². The van der Waals surface area contributed by atoms with Crippen molar-refractivity contribution in [2.75, 3.05) is 13.4 Å². The van der Waals surface area contributed by atoms with Crippen LogP contribution in [0.25, 0.3) is 22.3 Å². The molecule has 2 aromatic carbocycles. The molecule has 1 aromatic heterocycles. The zero-order valence-electron chi connectivity index (χ0n) is 18.0. The van der Waals surface area contributed by atoms with Crippen molar-refractivity contribution in [2.45, 2.75) is 31.3 Å². The molecule has 0 atom stereocenters. The van der Waals surface area contributed by atoms with Crippen molar-refractivity contribution in [3.63, 3.8) is 0 Å². The third-order valence-electron chi connectivity index (χ3n) is 4.37. The number of methoxy groups -OCH3 is 1. The molecule has 0 radical (unpaired) electrons. The Labute approximate surface area is 184 Å². The number of halogens is 4. The summed E-state index contributed by atoms with van der Waals surface area (Å²) >= 11 is 0. The first-order chi connectivity index (χ1) is 15.0. The van der Waals surface area contributed by atoms with E-state index in [9.17, 15) is 26.0 Å². The number of hydrogen-bond acceptors (Lipinski definition) is 4. The second kappa shape index (κ2) is 10.1. The summed E-state index contributed by atoms with van der Waals surface area (Å²) in [5.41, 5.74) is 1.04. The predicted molar refractivity (Wildman–Crippen MR) is 116 cm³/mol. The van der Waals surface area contributed by atoms with E-state index in [4.69, 9.17) is 4.74 Å². The first kappa shape index (κ1) is 25.3. The van der Waals surface area contributed by atoms with Crippen LogP contribution in [0.5, 0.6) is 5.88 Å². The van der Waals surface area contributed by atoms with Gasteiger partial charge in [-0.2, -0.15) is 13.2 Å². The Morgan fingerprint density at radius 3 is 1.94 bits per heavy atom. The summed E-state index contributed by atoms with van der Waals surface area (Å²) in [7, 11) is -2.16. The Hall–Kier alpha value is -2.94. The molecule has 172 valence electrons. The maximum atomic E-state index is 13.4. The molecule has 0 N–H and O–H groups in total. The predicted octanol–water partition coefficient (Wildman–Crippen LogP) is 6.10. The van der Waals surface area contributed by atoms with Gasteiger partial charge >= 0.3 is 6.18 Å². The molecule has 0 unspecified atom stereocenters. The first-order valence-electron chi connectivity index (χ1n) is 9.69. The summed E-state index contributed by atoms with van der Waals surface area (Å²) in [4.78, 5) is 4.06. The maximum absolute atomic E-state index is 13.4. The highest BCUT2D eigenvalue weighted by Crippen LogP contribution is 2.39. The van der Waals surface area contributed by atoms with Crippen molar-refractivity contribution < 1.29 is 30.7 Å². The van der Waals surface area contributed by atoms with Crippen molar-refractivity contribution in [3.8, 4) is 28.1 Å². The van der Waals surface area contributed by atoms with E-state index in [1.807, 2.05) is 13.8 Å². The second-order valence-electron chi connectivity index (χ2n) is 6.63. The molecule has 9 heteroatoms. The van der Waals surface area contributed by atoms with Gasteiger partial charge in [0.1, 0.15) is 5.82 Å². The van der Waals surface area contributed by atoms with Crippen LogP contribution in [-0.4, -0.2) is 32.9 Å². The van der Waals surface area contributed by atoms with Crippen LogP contribution in [-0.2, 0) is 16.3 Å². The Morgan fingerprint density at radius 2 is 1.47 bits per heavy atom. The Bertz CT molecular complexity index is 1160. The minimum absolute atomic E-state index is 0.0256. The van der Waals surface area contributed by atoms with Gasteiger partial charge in [0, 0.05) is 17.9 Å². The zero-order chi connectivity index (χ0) is 24.1. The van der Waals surface area contributed by atoms with Gasteiger partial charge in [0.15, 0.2) is 9.84 Å². The molecule has 0 aliphatic heterocycles. The Balaban J connectivity index is 0.00000176. The van der Waals surface area contributed by atoms with Gasteiger partial charge in [0.25, 0.3) is 0 Å². The number of hydrogen-bond donors (Lipinski definition) is 0. The fourth-order valence-electron chi connectivity index (χ4n) is 3.04. The Morgan fingerprint density at radius 1 is 0.938 bits per heavy atom. The van der Waals surface area contributed by atoms with E-state index in [1.54, 1.807) is 0 Å². The van der Waals surface area contributed by atoms with Crippen LogP contribution in [0, 0.1) is 5.82 Å². The van der Waals surface area contributed by atoms with Crippen LogP contribution in [0.15, 0.2) is 59.5 Å². The number of nitrogens with zero attached hydrogens (tertiary/aromatic N) is 1. The highest BCUT2D eigenvalue weighted by atomic mass is 32.2. The Kier molecular flexibility index (Phi) is 8.01. The summed E-state index contributed by atoms with van der Waals surface area (Å²) in [6.07, 6.45) is -4.79. The standard InChI is InChI=1S/C21H17F4NO3S.C2H6/c1-29-19-11-17(13-5-9-16(10-6-13)30(2,27)28)20(14-3-7-15(22)8-4-14)18(26-19)12-21(23,24)25;1-2/h3-11H,12H2,1-2H3;1-2H3. The molecule has 0 spiro atoms. The van der Waals surface area contributed by atoms with Crippen molar-refractivity contribution in [2.24, 2.45) is 0 Å². The van der Waals surface area contributed by atoms with E-state index >= 15 is 0 Å². The quantitative estimate of drug-likeness (QED) is 0.424. The molecule has 0 amide bonds. The molecule has 0 aliphatic carbocycles. The van der Waals surface area contributed by atoms with Crippen LogP contribution in [0.2, 0.25) is 0 Å². The third-order valence-corrected chi connectivity index (χ3v) is 5.50. The summed E-state index contributed by atoms with van der Waals surface area (Å²) in [6.45, 7) is 4.00. The van der Waals surface area contributed by atoms with Gasteiger partial charge in [-0.05, 0) is 41.0 Å². The number of alkyl halides is 3. The van der Waals surface area contributed by atoms with E-state index in [0.717, 1.165) is 18.4 Å². The number of benzene rings is 2. The smallest absolute Gasteiger partial charge is 0.394 e. The molecule has 0 aliphatic rings. The molecule has 32 heavy (non-hydrogen) atoms. The fourth-order valence-corrected chi connectivity index (χ4v) is 3.67. The average Bonchev–Trinajstić information content (AvgIpc) is 2.74. The maximum Gasteiger partial charge on any atom is 0.394 e. The number of ether oxygens (including phenoxy) is 1. The normalized spacial score (nSPS) is 11.5. The molecule has 3 aromatic rings. The number of pyridine rings is 1. The first-order valence-corrected chi connectivity index (χ1v) is 11.6. The van der Waals surface area contributed by atoms with Crippen LogP contribution < -0.4 is 4.74 Å². The average molecular weight is 470 g/mol. The molecule has 0 fully saturated rings. The summed E-state index contributed by atoms with van der Waals surface area (Å²) in [5.74, 6) is -0.557. The van der Waals surface area contributed by atoms with E-state index in [2.05, 4.69) is 4.98 Å².